The van der Waals surface area contributed by atoms with Gasteiger partial charge in [0.2, 0.25) is 5.95 Å². The number of thiazole rings is 1. The molecule has 1 fully saturated rings. The van der Waals surface area contributed by atoms with Crippen molar-refractivity contribution in [3.8, 4) is 10.6 Å². The van der Waals surface area contributed by atoms with E-state index in [1.165, 1.54) is 11.3 Å². The molecule has 10 heteroatoms. The molecule has 0 aliphatic heterocycles. The molecule has 2 atom stereocenters. The Morgan fingerprint density at radius 2 is 1.97 bits per heavy atom. The molecule has 6 nitrogen and oxygen atoms in total. The van der Waals surface area contributed by atoms with Crippen LogP contribution in [0.4, 0.5) is 24.9 Å². The van der Waals surface area contributed by atoms with Gasteiger partial charge in [0.1, 0.15) is 17.4 Å². The Balaban J connectivity index is 1.71. The summed E-state index contributed by atoms with van der Waals surface area (Å²) in [6.07, 6.45) is -1.48. The van der Waals surface area contributed by atoms with Crippen LogP contribution in [0.5, 0.6) is 0 Å². The van der Waals surface area contributed by atoms with E-state index < -0.39 is 12.7 Å². The monoisotopic (exact) mass is 436 g/mol. The Morgan fingerprint density at radius 3 is 2.67 bits per heavy atom. The van der Waals surface area contributed by atoms with Crippen molar-refractivity contribution in [2.24, 2.45) is 11.7 Å². The van der Waals surface area contributed by atoms with Crippen LogP contribution in [0.1, 0.15) is 25.0 Å². The largest absolute Gasteiger partial charge is 0.405 e. The van der Waals surface area contributed by atoms with E-state index >= 15 is 0 Å². The second kappa shape index (κ2) is 8.35. The van der Waals surface area contributed by atoms with Crippen molar-refractivity contribution in [1.29, 1.82) is 0 Å². The van der Waals surface area contributed by atoms with Crippen molar-refractivity contribution in [3.63, 3.8) is 0 Å². The molecule has 4 rings (SSSR count). The first kappa shape index (κ1) is 20.8. The van der Waals surface area contributed by atoms with Gasteiger partial charge in [-0.2, -0.15) is 18.2 Å². The number of alkyl halides is 3. The summed E-state index contributed by atoms with van der Waals surface area (Å²) in [6.45, 7) is 1.21. The van der Waals surface area contributed by atoms with Gasteiger partial charge in [0, 0.05) is 6.04 Å². The highest BCUT2D eigenvalue weighted by Crippen LogP contribution is 2.37. The number of benzene rings is 1. The molecule has 30 heavy (non-hydrogen) atoms. The summed E-state index contributed by atoms with van der Waals surface area (Å²) in [4.78, 5) is 13.4. The Hall–Kier alpha value is -2.46. The van der Waals surface area contributed by atoms with Crippen molar-refractivity contribution in [2.75, 3.05) is 23.7 Å². The number of nitrogens with two attached hydrogens (primary N) is 1. The van der Waals surface area contributed by atoms with E-state index in [2.05, 4.69) is 20.6 Å². The Kier molecular flexibility index (Phi) is 5.79. The number of para-hydroxylation sites is 1. The molecule has 4 N–H and O–H groups in total. The zero-order valence-corrected chi connectivity index (χ0v) is 17.3. The molecule has 2 aromatic heterocycles. The topological polar surface area (TPSA) is 88.8 Å². The van der Waals surface area contributed by atoms with Crippen LogP contribution in [0.15, 0.2) is 24.3 Å². The summed E-state index contributed by atoms with van der Waals surface area (Å²) in [5, 5.41) is 6.47. The van der Waals surface area contributed by atoms with Crippen LogP contribution in [0, 0.1) is 12.8 Å². The summed E-state index contributed by atoms with van der Waals surface area (Å²) in [5.74, 6) is 0.901. The minimum atomic E-state index is -4.35. The summed E-state index contributed by atoms with van der Waals surface area (Å²) < 4.78 is 39.0. The molecule has 1 aliphatic carbocycles. The maximum Gasteiger partial charge on any atom is 0.405 e. The number of nitrogens with zero attached hydrogens (tertiary/aromatic N) is 3. The molecule has 3 aromatic rings. The smallest absolute Gasteiger partial charge is 0.367 e. The van der Waals surface area contributed by atoms with Crippen LogP contribution < -0.4 is 16.4 Å². The van der Waals surface area contributed by atoms with E-state index in [4.69, 9.17) is 10.7 Å². The van der Waals surface area contributed by atoms with Crippen LogP contribution in [-0.4, -0.2) is 40.3 Å². The van der Waals surface area contributed by atoms with Crippen LogP contribution in [0.2, 0.25) is 0 Å². The Morgan fingerprint density at radius 1 is 1.17 bits per heavy atom. The Labute approximate surface area is 176 Å². The lowest BCUT2D eigenvalue weighted by molar-refractivity contribution is -0.115. The fourth-order valence-corrected chi connectivity index (χ4v) is 4.85. The summed E-state index contributed by atoms with van der Waals surface area (Å²) in [7, 11) is 0. The minimum absolute atomic E-state index is 0.0504. The first-order chi connectivity index (χ1) is 14.3. The summed E-state index contributed by atoms with van der Waals surface area (Å²) >= 11 is 1.51. The van der Waals surface area contributed by atoms with E-state index in [0.29, 0.717) is 24.0 Å². The first-order valence-electron chi connectivity index (χ1n) is 9.84. The molecule has 0 bridgehead atoms. The number of aromatic nitrogens is 3. The second-order valence-corrected chi connectivity index (χ2v) is 8.60. The van der Waals surface area contributed by atoms with Gasteiger partial charge in [0.25, 0.3) is 0 Å². The van der Waals surface area contributed by atoms with Crippen molar-refractivity contribution in [2.45, 2.75) is 38.4 Å². The van der Waals surface area contributed by atoms with E-state index in [9.17, 15) is 13.2 Å². The second-order valence-electron chi connectivity index (χ2n) is 7.57. The summed E-state index contributed by atoms with van der Waals surface area (Å²) in [5.41, 5.74) is 7.97. The fourth-order valence-electron chi connectivity index (χ4n) is 3.78. The number of aryl methyl sites for hydroxylation is 1. The number of nitrogens with one attached hydrogen (secondary N) is 2. The molecule has 0 radical (unpaired) electrons. The van der Waals surface area contributed by atoms with Crippen LogP contribution in [0.25, 0.3) is 20.8 Å². The van der Waals surface area contributed by atoms with Gasteiger partial charge in [-0.3, -0.25) is 0 Å². The number of rotatable bonds is 6. The maximum absolute atomic E-state index is 12.7. The van der Waals surface area contributed by atoms with Gasteiger partial charge in [0.05, 0.1) is 21.5 Å². The molecule has 2 heterocycles. The van der Waals surface area contributed by atoms with Gasteiger partial charge < -0.3 is 16.4 Å². The quantitative estimate of drug-likeness (QED) is 0.524. The number of fused-ring (bicyclic) bond motifs is 1. The SMILES string of the molecule is Cc1nc(NCC(F)(F)F)nc(NC2CCC(CN)C2)c1-c1nc2ccccc2s1. The highest BCUT2D eigenvalue weighted by molar-refractivity contribution is 7.21. The fraction of sp³-hybridized carbons (Fsp3) is 0.450. The average Bonchev–Trinajstić information content (AvgIpc) is 3.32. The first-order valence-corrected chi connectivity index (χ1v) is 10.7. The van der Waals surface area contributed by atoms with Crippen molar-refractivity contribution in [3.05, 3.63) is 30.0 Å². The number of hydrogen-bond acceptors (Lipinski definition) is 7. The van der Waals surface area contributed by atoms with Crippen molar-refractivity contribution < 1.29 is 13.2 Å². The highest BCUT2D eigenvalue weighted by Gasteiger charge is 2.29. The van der Waals surface area contributed by atoms with Crippen LogP contribution >= 0.6 is 11.3 Å². The molecular formula is C20H23F3N6S. The van der Waals surface area contributed by atoms with Gasteiger partial charge in [-0.15, -0.1) is 11.3 Å². The lowest BCUT2D eigenvalue weighted by Gasteiger charge is -2.18. The lowest BCUT2D eigenvalue weighted by Crippen LogP contribution is -2.24. The standard InChI is InChI=1S/C20H23F3N6S/c1-11-16(18-28-14-4-2-3-5-15(14)30-18)17(27-13-7-6-12(8-13)9-24)29-19(26-11)25-10-20(21,22)23/h2-5,12-13H,6-10,24H2,1H3,(H2,25,26,27,29). The maximum atomic E-state index is 12.7. The zero-order valence-electron chi connectivity index (χ0n) is 16.5. The third kappa shape index (κ3) is 4.65. The molecule has 1 aromatic carbocycles. The van der Waals surface area contributed by atoms with Gasteiger partial charge in [-0.25, -0.2) is 9.97 Å². The number of hydrogen-bond donors (Lipinski definition) is 3. The normalized spacial score (nSPS) is 19.4. The van der Waals surface area contributed by atoms with Crippen LogP contribution in [-0.2, 0) is 0 Å². The molecule has 1 saturated carbocycles. The van der Waals surface area contributed by atoms with Gasteiger partial charge in [-0.1, -0.05) is 12.1 Å². The van der Waals surface area contributed by atoms with E-state index in [0.717, 1.165) is 40.1 Å². The predicted molar refractivity (Wildman–Crippen MR) is 114 cm³/mol. The highest BCUT2D eigenvalue weighted by atomic mass is 32.1. The average molecular weight is 437 g/mol. The third-order valence-electron chi connectivity index (χ3n) is 5.26. The van der Waals surface area contributed by atoms with E-state index in [-0.39, 0.29) is 12.0 Å². The summed E-state index contributed by atoms with van der Waals surface area (Å²) in [6, 6.07) is 7.95. The van der Waals surface area contributed by atoms with Crippen molar-refractivity contribution in [1.82, 2.24) is 15.0 Å². The van der Waals surface area contributed by atoms with Gasteiger partial charge >= 0.3 is 6.18 Å². The molecule has 0 saturated heterocycles. The molecule has 0 amide bonds. The van der Waals surface area contributed by atoms with E-state index in [1.54, 1.807) is 6.92 Å². The zero-order chi connectivity index (χ0) is 21.3. The molecule has 1 aliphatic rings. The Bertz CT molecular complexity index is 1000. The lowest BCUT2D eigenvalue weighted by atomic mass is 10.1. The molecule has 160 valence electrons. The van der Waals surface area contributed by atoms with E-state index in [1.807, 2.05) is 24.3 Å². The third-order valence-corrected chi connectivity index (χ3v) is 6.31. The van der Waals surface area contributed by atoms with Gasteiger partial charge in [-0.05, 0) is 50.8 Å². The number of anilines is 2. The van der Waals surface area contributed by atoms with Gasteiger partial charge in [0.15, 0.2) is 0 Å². The molecular weight excluding hydrogens is 413 g/mol. The minimum Gasteiger partial charge on any atom is -0.367 e. The molecule has 0 spiro atoms. The predicted octanol–water partition coefficient (Wildman–Crippen LogP) is 4.58. The van der Waals surface area contributed by atoms with Crippen molar-refractivity contribution >= 4 is 33.3 Å². The molecule has 2 unspecified atom stereocenters. The number of halogens is 3. The van der Waals surface area contributed by atoms with Crippen LogP contribution in [0.3, 0.4) is 0 Å².